The van der Waals surface area contributed by atoms with Crippen molar-refractivity contribution in [3.05, 3.63) is 29.6 Å². The lowest BCUT2D eigenvalue weighted by atomic mass is 10.3. The highest BCUT2D eigenvalue weighted by Crippen LogP contribution is 2.14. The van der Waals surface area contributed by atoms with Crippen LogP contribution in [0.25, 0.3) is 0 Å². The smallest absolute Gasteiger partial charge is 0.241 e. The van der Waals surface area contributed by atoms with Crippen molar-refractivity contribution in [2.24, 2.45) is 0 Å². The first-order valence-electron chi connectivity index (χ1n) is 6.11. The van der Waals surface area contributed by atoms with E-state index in [9.17, 15) is 4.79 Å². The first-order chi connectivity index (χ1) is 9.08. The van der Waals surface area contributed by atoms with E-state index in [0.717, 1.165) is 23.5 Å². The van der Waals surface area contributed by atoms with E-state index >= 15 is 0 Å². The molecule has 0 aliphatic rings. The number of anilines is 1. The molecule has 2 aromatic heterocycles. The van der Waals surface area contributed by atoms with Crippen molar-refractivity contribution in [2.45, 2.75) is 26.8 Å². The SMILES string of the molecule is Cc1nn(CC(=O)NCCc2cnc[nH]2)c(C)c1N. The highest BCUT2D eigenvalue weighted by atomic mass is 16.2. The Labute approximate surface area is 111 Å². The Morgan fingerprint density at radius 1 is 1.53 bits per heavy atom. The number of hydrogen-bond acceptors (Lipinski definition) is 4. The van der Waals surface area contributed by atoms with Crippen molar-refractivity contribution in [1.29, 1.82) is 0 Å². The van der Waals surface area contributed by atoms with Gasteiger partial charge in [0.05, 0.1) is 23.4 Å². The van der Waals surface area contributed by atoms with Gasteiger partial charge in [-0.15, -0.1) is 0 Å². The molecule has 0 aliphatic carbocycles. The second-order valence-electron chi connectivity index (χ2n) is 4.42. The van der Waals surface area contributed by atoms with Crippen LogP contribution in [0.4, 0.5) is 5.69 Å². The normalized spacial score (nSPS) is 10.6. The molecular weight excluding hydrogens is 244 g/mol. The van der Waals surface area contributed by atoms with Gasteiger partial charge in [0.1, 0.15) is 6.54 Å². The summed E-state index contributed by atoms with van der Waals surface area (Å²) < 4.78 is 1.62. The number of aromatic nitrogens is 4. The molecule has 0 unspecified atom stereocenters. The summed E-state index contributed by atoms with van der Waals surface area (Å²) in [5.74, 6) is -0.0786. The number of aromatic amines is 1. The molecule has 7 heteroatoms. The van der Waals surface area contributed by atoms with Gasteiger partial charge >= 0.3 is 0 Å². The average Bonchev–Trinajstić information content (AvgIpc) is 2.96. The lowest BCUT2D eigenvalue weighted by Gasteiger charge is -2.06. The molecule has 0 saturated heterocycles. The van der Waals surface area contributed by atoms with E-state index in [1.165, 1.54) is 0 Å². The molecule has 19 heavy (non-hydrogen) atoms. The van der Waals surface area contributed by atoms with E-state index < -0.39 is 0 Å². The molecule has 0 fully saturated rings. The number of H-pyrrole nitrogens is 1. The van der Waals surface area contributed by atoms with Gasteiger partial charge in [-0.3, -0.25) is 9.48 Å². The van der Waals surface area contributed by atoms with Crippen LogP contribution in [-0.4, -0.2) is 32.2 Å². The Balaban J connectivity index is 1.82. The van der Waals surface area contributed by atoms with Crippen molar-refractivity contribution in [3.8, 4) is 0 Å². The first-order valence-corrected chi connectivity index (χ1v) is 6.11. The van der Waals surface area contributed by atoms with Gasteiger partial charge in [0, 0.05) is 24.9 Å². The van der Waals surface area contributed by atoms with Gasteiger partial charge in [0.25, 0.3) is 0 Å². The highest BCUT2D eigenvalue weighted by molar-refractivity contribution is 5.75. The number of hydrogen-bond donors (Lipinski definition) is 3. The third-order valence-electron chi connectivity index (χ3n) is 3.00. The van der Waals surface area contributed by atoms with Crippen LogP contribution in [0, 0.1) is 13.8 Å². The van der Waals surface area contributed by atoms with Crippen LogP contribution < -0.4 is 11.1 Å². The third kappa shape index (κ3) is 3.12. The minimum absolute atomic E-state index is 0.0786. The molecule has 102 valence electrons. The van der Waals surface area contributed by atoms with E-state index in [0.29, 0.717) is 12.2 Å². The zero-order chi connectivity index (χ0) is 13.8. The average molecular weight is 262 g/mol. The Bertz CT molecular complexity index is 557. The van der Waals surface area contributed by atoms with Gasteiger partial charge in [-0.25, -0.2) is 4.98 Å². The molecule has 0 bridgehead atoms. The van der Waals surface area contributed by atoms with Crippen molar-refractivity contribution in [3.63, 3.8) is 0 Å². The van der Waals surface area contributed by atoms with Crippen LogP contribution in [0.3, 0.4) is 0 Å². The van der Waals surface area contributed by atoms with E-state index in [1.54, 1.807) is 17.2 Å². The summed E-state index contributed by atoms with van der Waals surface area (Å²) in [6, 6.07) is 0. The fraction of sp³-hybridized carbons (Fsp3) is 0.417. The number of aryl methyl sites for hydroxylation is 1. The summed E-state index contributed by atoms with van der Waals surface area (Å²) in [7, 11) is 0. The molecule has 4 N–H and O–H groups in total. The monoisotopic (exact) mass is 262 g/mol. The number of imidazole rings is 1. The van der Waals surface area contributed by atoms with Crippen LogP contribution in [-0.2, 0) is 17.8 Å². The van der Waals surface area contributed by atoms with Crippen LogP contribution in [0.2, 0.25) is 0 Å². The Morgan fingerprint density at radius 3 is 2.89 bits per heavy atom. The summed E-state index contributed by atoms with van der Waals surface area (Å²) >= 11 is 0. The maximum Gasteiger partial charge on any atom is 0.241 e. The van der Waals surface area contributed by atoms with E-state index in [4.69, 9.17) is 5.73 Å². The van der Waals surface area contributed by atoms with Crippen molar-refractivity contribution < 1.29 is 4.79 Å². The molecule has 1 amide bonds. The molecule has 2 heterocycles. The molecule has 0 aromatic carbocycles. The fourth-order valence-corrected chi connectivity index (χ4v) is 1.81. The van der Waals surface area contributed by atoms with Crippen molar-refractivity contribution in [1.82, 2.24) is 25.1 Å². The standard InChI is InChI=1S/C12H18N6O/c1-8-12(13)9(2)18(17-8)6-11(19)15-4-3-10-5-14-7-16-10/h5,7H,3-4,6,13H2,1-2H3,(H,14,16)(H,15,19). The Hall–Kier alpha value is -2.31. The maximum atomic E-state index is 11.8. The van der Waals surface area contributed by atoms with E-state index in [1.807, 2.05) is 13.8 Å². The summed E-state index contributed by atoms with van der Waals surface area (Å²) in [6.07, 6.45) is 4.09. The van der Waals surface area contributed by atoms with Crippen molar-refractivity contribution in [2.75, 3.05) is 12.3 Å². The second kappa shape index (κ2) is 5.55. The second-order valence-corrected chi connectivity index (χ2v) is 4.42. The van der Waals surface area contributed by atoms with Crippen LogP contribution >= 0.6 is 0 Å². The molecule has 0 radical (unpaired) electrons. The molecule has 0 saturated carbocycles. The van der Waals surface area contributed by atoms with E-state index in [-0.39, 0.29) is 12.5 Å². The Kier molecular flexibility index (Phi) is 3.84. The zero-order valence-electron chi connectivity index (χ0n) is 11.1. The molecule has 2 aromatic rings. The van der Waals surface area contributed by atoms with Gasteiger partial charge in [-0.1, -0.05) is 0 Å². The van der Waals surface area contributed by atoms with Crippen molar-refractivity contribution >= 4 is 11.6 Å². The van der Waals surface area contributed by atoms with Crippen LogP contribution in [0.5, 0.6) is 0 Å². The number of carbonyl (C=O) groups is 1. The lowest BCUT2D eigenvalue weighted by molar-refractivity contribution is -0.121. The number of nitrogens with two attached hydrogens (primary N) is 1. The predicted octanol–water partition coefficient (Wildman–Crippen LogP) is 0.164. The van der Waals surface area contributed by atoms with Gasteiger partial charge in [0.15, 0.2) is 0 Å². The minimum Gasteiger partial charge on any atom is -0.396 e. The molecule has 7 nitrogen and oxygen atoms in total. The number of nitrogen functional groups attached to an aromatic ring is 1. The van der Waals surface area contributed by atoms with E-state index in [2.05, 4.69) is 20.4 Å². The molecule has 0 atom stereocenters. The summed E-state index contributed by atoms with van der Waals surface area (Å²) in [5, 5.41) is 7.06. The van der Waals surface area contributed by atoms with Gasteiger partial charge in [0.2, 0.25) is 5.91 Å². The first kappa shape index (κ1) is 13.1. The lowest BCUT2D eigenvalue weighted by Crippen LogP contribution is -2.30. The molecule has 2 rings (SSSR count). The predicted molar refractivity (Wildman–Crippen MR) is 71.4 cm³/mol. The summed E-state index contributed by atoms with van der Waals surface area (Å²) in [5.41, 5.74) is 9.03. The number of nitrogens with zero attached hydrogens (tertiary/aromatic N) is 3. The molecule has 0 spiro atoms. The van der Waals surface area contributed by atoms with Gasteiger partial charge in [-0.05, 0) is 13.8 Å². The Morgan fingerprint density at radius 2 is 2.32 bits per heavy atom. The van der Waals surface area contributed by atoms with Crippen LogP contribution in [0.1, 0.15) is 17.1 Å². The number of nitrogens with one attached hydrogen (secondary N) is 2. The van der Waals surface area contributed by atoms with Gasteiger partial charge < -0.3 is 16.0 Å². The molecule has 0 aliphatic heterocycles. The number of rotatable bonds is 5. The molecular formula is C12H18N6O. The zero-order valence-corrected chi connectivity index (χ0v) is 11.1. The highest BCUT2D eigenvalue weighted by Gasteiger charge is 2.11. The van der Waals surface area contributed by atoms with Gasteiger partial charge in [-0.2, -0.15) is 5.10 Å². The third-order valence-corrected chi connectivity index (χ3v) is 3.00. The largest absolute Gasteiger partial charge is 0.396 e. The fourth-order valence-electron chi connectivity index (χ4n) is 1.81. The quantitative estimate of drug-likeness (QED) is 0.714. The number of carbonyl (C=O) groups excluding carboxylic acids is 1. The minimum atomic E-state index is -0.0786. The maximum absolute atomic E-state index is 11.8. The topological polar surface area (TPSA) is 102 Å². The van der Waals surface area contributed by atoms with Crippen LogP contribution in [0.15, 0.2) is 12.5 Å². The number of amides is 1. The summed E-state index contributed by atoms with van der Waals surface area (Å²) in [4.78, 5) is 18.7. The summed E-state index contributed by atoms with van der Waals surface area (Å²) in [6.45, 7) is 4.44.